The summed E-state index contributed by atoms with van der Waals surface area (Å²) in [6.07, 6.45) is 5.05. The van der Waals surface area contributed by atoms with Gasteiger partial charge in [-0.3, -0.25) is 15.1 Å². The molecule has 0 amide bonds. The molecule has 0 aliphatic carbocycles. The third-order valence-corrected chi connectivity index (χ3v) is 4.16. The minimum Gasteiger partial charge on any atom is -0.362 e. The molecule has 0 saturated carbocycles. The molecule has 124 valence electrons. The number of rotatable bonds is 4. The van der Waals surface area contributed by atoms with Crippen LogP contribution in [0.2, 0.25) is 0 Å². The minimum atomic E-state index is -0.327. The highest BCUT2D eigenvalue weighted by Gasteiger charge is 2.24. The molecular weight excluding hydrogens is 306 g/mol. The first-order valence-electron chi connectivity index (χ1n) is 7.76. The van der Waals surface area contributed by atoms with Crippen LogP contribution < -0.4 is 9.80 Å². The third kappa shape index (κ3) is 3.19. The number of hydrogen-bond donors (Lipinski definition) is 0. The summed E-state index contributed by atoms with van der Waals surface area (Å²) in [4.78, 5) is 23.6. The fourth-order valence-corrected chi connectivity index (χ4v) is 2.83. The zero-order valence-corrected chi connectivity index (χ0v) is 13.6. The molecule has 1 aromatic carbocycles. The smallest absolute Gasteiger partial charge is 0.292 e. The van der Waals surface area contributed by atoms with Gasteiger partial charge in [-0.05, 0) is 24.6 Å². The van der Waals surface area contributed by atoms with E-state index in [4.69, 9.17) is 0 Å². The third-order valence-electron chi connectivity index (χ3n) is 4.16. The standard InChI is InChI=1S/C17H19N5O2/c1-13(2)14-3-4-15(22(23)24)16(11-14)20-7-9-21(10-8-20)17-12-18-5-6-19-17/h3-6,11-12H,1,7-10H2,2H3. The molecule has 0 atom stereocenters. The Morgan fingerprint density at radius 2 is 1.92 bits per heavy atom. The summed E-state index contributed by atoms with van der Waals surface area (Å²) in [5.41, 5.74) is 2.60. The fourth-order valence-electron chi connectivity index (χ4n) is 2.83. The molecule has 2 heterocycles. The van der Waals surface area contributed by atoms with E-state index in [1.54, 1.807) is 30.7 Å². The van der Waals surface area contributed by atoms with E-state index in [0.717, 1.165) is 30.0 Å². The highest BCUT2D eigenvalue weighted by Crippen LogP contribution is 2.32. The monoisotopic (exact) mass is 325 g/mol. The number of nitro benzene ring substituents is 1. The zero-order chi connectivity index (χ0) is 17.1. The van der Waals surface area contributed by atoms with Crippen molar-refractivity contribution in [2.24, 2.45) is 0 Å². The molecule has 0 spiro atoms. The second-order valence-electron chi connectivity index (χ2n) is 5.78. The van der Waals surface area contributed by atoms with Crippen LogP contribution in [0.15, 0.2) is 43.4 Å². The van der Waals surface area contributed by atoms with Crippen molar-refractivity contribution >= 4 is 22.8 Å². The van der Waals surface area contributed by atoms with Crippen molar-refractivity contribution in [3.63, 3.8) is 0 Å². The number of nitro groups is 1. The highest BCUT2D eigenvalue weighted by molar-refractivity contribution is 5.72. The molecule has 1 saturated heterocycles. The molecule has 1 aromatic heterocycles. The van der Waals surface area contributed by atoms with Crippen molar-refractivity contribution in [3.8, 4) is 0 Å². The summed E-state index contributed by atoms with van der Waals surface area (Å²) in [7, 11) is 0. The van der Waals surface area contributed by atoms with Gasteiger partial charge in [0.1, 0.15) is 11.5 Å². The van der Waals surface area contributed by atoms with E-state index in [1.807, 2.05) is 13.0 Å². The Labute approximate surface area is 140 Å². The summed E-state index contributed by atoms with van der Waals surface area (Å²) >= 11 is 0. The van der Waals surface area contributed by atoms with Gasteiger partial charge in [0.2, 0.25) is 0 Å². The van der Waals surface area contributed by atoms with E-state index in [0.29, 0.717) is 18.8 Å². The van der Waals surface area contributed by atoms with Crippen LogP contribution in [0.4, 0.5) is 17.2 Å². The molecule has 7 nitrogen and oxygen atoms in total. The van der Waals surface area contributed by atoms with Crippen LogP contribution in [-0.2, 0) is 0 Å². The van der Waals surface area contributed by atoms with Gasteiger partial charge in [0.15, 0.2) is 0 Å². The summed E-state index contributed by atoms with van der Waals surface area (Å²) in [6.45, 7) is 8.70. The number of hydrogen-bond acceptors (Lipinski definition) is 6. The van der Waals surface area contributed by atoms with Crippen LogP contribution in [0, 0.1) is 10.1 Å². The van der Waals surface area contributed by atoms with Crippen LogP contribution in [0.1, 0.15) is 12.5 Å². The maximum atomic E-state index is 11.4. The Morgan fingerprint density at radius 3 is 2.50 bits per heavy atom. The number of nitrogens with zero attached hydrogens (tertiary/aromatic N) is 5. The van der Waals surface area contributed by atoms with Crippen molar-refractivity contribution < 1.29 is 4.92 Å². The lowest BCUT2D eigenvalue weighted by molar-refractivity contribution is -0.384. The predicted molar refractivity (Wildman–Crippen MR) is 94.3 cm³/mol. The summed E-state index contributed by atoms with van der Waals surface area (Å²) in [5, 5.41) is 11.4. The molecule has 0 radical (unpaired) electrons. The molecule has 1 aliphatic heterocycles. The summed E-state index contributed by atoms with van der Waals surface area (Å²) < 4.78 is 0. The molecule has 1 fully saturated rings. The largest absolute Gasteiger partial charge is 0.362 e. The van der Waals surface area contributed by atoms with Gasteiger partial charge in [-0.2, -0.15) is 0 Å². The van der Waals surface area contributed by atoms with Crippen molar-refractivity contribution in [2.75, 3.05) is 36.0 Å². The van der Waals surface area contributed by atoms with Crippen molar-refractivity contribution in [2.45, 2.75) is 6.92 Å². The molecule has 1 aliphatic rings. The minimum absolute atomic E-state index is 0.132. The molecule has 3 rings (SSSR count). The molecule has 0 unspecified atom stereocenters. The Hall–Kier alpha value is -2.96. The van der Waals surface area contributed by atoms with Gasteiger partial charge in [0.25, 0.3) is 5.69 Å². The molecule has 2 aromatic rings. The Kier molecular flexibility index (Phi) is 4.41. The summed E-state index contributed by atoms with van der Waals surface area (Å²) in [6, 6.07) is 5.17. The van der Waals surface area contributed by atoms with Crippen molar-refractivity contribution in [1.82, 2.24) is 9.97 Å². The molecule has 7 heteroatoms. The van der Waals surface area contributed by atoms with E-state index >= 15 is 0 Å². The van der Waals surface area contributed by atoms with Crippen molar-refractivity contribution in [1.29, 1.82) is 0 Å². The van der Waals surface area contributed by atoms with E-state index in [1.165, 1.54) is 0 Å². The highest BCUT2D eigenvalue weighted by atomic mass is 16.6. The normalized spacial score (nSPS) is 14.5. The average molecular weight is 325 g/mol. The maximum absolute atomic E-state index is 11.4. The second-order valence-corrected chi connectivity index (χ2v) is 5.78. The first-order valence-corrected chi connectivity index (χ1v) is 7.76. The van der Waals surface area contributed by atoms with Gasteiger partial charge in [-0.25, -0.2) is 4.98 Å². The van der Waals surface area contributed by atoms with Gasteiger partial charge < -0.3 is 9.80 Å². The van der Waals surface area contributed by atoms with Crippen LogP contribution >= 0.6 is 0 Å². The van der Waals surface area contributed by atoms with Crippen molar-refractivity contribution in [3.05, 3.63) is 59.0 Å². The topological polar surface area (TPSA) is 75.4 Å². The van der Waals surface area contributed by atoms with Gasteiger partial charge in [0.05, 0.1) is 11.1 Å². The number of allylic oxidation sites excluding steroid dienone is 1. The Balaban J connectivity index is 1.81. The first-order chi connectivity index (χ1) is 11.6. The van der Waals surface area contributed by atoms with E-state index in [9.17, 15) is 10.1 Å². The lowest BCUT2D eigenvalue weighted by atomic mass is 10.1. The van der Waals surface area contributed by atoms with Gasteiger partial charge in [-0.1, -0.05) is 12.2 Å². The van der Waals surface area contributed by atoms with Gasteiger partial charge in [-0.15, -0.1) is 0 Å². The second kappa shape index (κ2) is 6.66. The number of aromatic nitrogens is 2. The SMILES string of the molecule is C=C(C)c1ccc([N+](=O)[O-])c(N2CCN(c3cnccn3)CC2)c1. The number of piperazine rings is 1. The number of anilines is 2. The van der Waals surface area contributed by atoms with Crippen LogP contribution in [0.5, 0.6) is 0 Å². The van der Waals surface area contributed by atoms with Crippen LogP contribution in [0.25, 0.3) is 5.57 Å². The predicted octanol–water partition coefficient (Wildman–Crippen LogP) is 2.74. The number of benzene rings is 1. The zero-order valence-electron chi connectivity index (χ0n) is 13.6. The fraction of sp³-hybridized carbons (Fsp3) is 0.294. The quantitative estimate of drug-likeness (QED) is 0.635. The molecule has 0 N–H and O–H groups in total. The summed E-state index contributed by atoms with van der Waals surface area (Å²) in [5.74, 6) is 0.835. The van der Waals surface area contributed by atoms with E-state index in [-0.39, 0.29) is 10.6 Å². The maximum Gasteiger partial charge on any atom is 0.292 e. The average Bonchev–Trinajstić information content (AvgIpc) is 2.62. The van der Waals surface area contributed by atoms with E-state index < -0.39 is 0 Å². The Bertz CT molecular complexity index is 755. The molecule has 24 heavy (non-hydrogen) atoms. The van der Waals surface area contributed by atoms with Gasteiger partial charge >= 0.3 is 0 Å². The van der Waals surface area contributed by atoms with Gasteiger partial charge in [0, 0.05) is 44.6 Å². The molecular formula is C17H19N5O2. The Morgan fingerprint density at radius 1 is 1.21 bits per heavy atom. The first kappa shape index (κ1) is 15.9. The molecule has 0 bridgehead atoms. The van der Waals surface area contributed by atoms with E-state index in [2.05, 4.69) is 26.3 Å². The van der Waals surface area contributed by atoms with Crippen LogP contribution in [0.3, 0.4) is 0 Å². The lowest BCUT2D eigenvalue weighted by Gasteiger charge is -2.36. The lowest BCUT2D eigenvalue weighted by Crippen LogP contribution is -2.47. The van der Waals surface area contributed by atoms with Crippen LogP contribution in [-0.4, -0.2) is 41.1 Å².